The summed E-state index contributed by atoms with van der Waals surface area (Å²) in [5.74, 6) is 0.812. The van der Waals surface area contributed by atoms with Crippen LogP contribution >= 0.6 is 0 Å². The zero-order valence-corrected chi connectivity index (χ0v) is 12.1. The fourth-order valence-electron chi connectivity index (χ4n) is 2.88. The Labute approximate surface area is 119 Å². The van der Waals surface area contributed by atoms with E-state index in [0.29, 0.717) is 17.7 Å². The van der Waals surface area contributed by atoms with Crippen molar-refractivity contribution in [3.8, 4) is 5.75 Å². The molecule has 2 saturated heterocycles. The van der Waals surface area contributed by atoms with Crippen molar-refractivity contribution in [1.82, 2.24) is 4.90 Å². The maximum absolute atomic E-state index is 13.4. The van der Waals surface area contributed by atoms with Crippen LogP contribution in [-0.4, -0.2) is 43.3 Å². The van der Waals surface area contributed by atoms with Gasteiger partial charge >= 0.3 is 0 Å². The molecule has 1 atom stereocenters. The molecule has 110 valence electrons. The Balaban J connectivity index is 1.67. The maximum atomic E-state index is 13.4. The highest BCUT2D eigenvalue weighted by Gasteiger charge is 2.33. The van der Waals surface area contributed by atoms with Crippen molar-refractivity contribution in [2.24, 2.45) is 0 Å². The van der Waals surface area contributed by atoms with E-state index in [1.165, 1.54) is 12.1 Å². The summed E-state index contributed by atoms with van der Waals surface area (Å²) in [5.41, 5.74) is 1.08. The Morgan fingerprint density at radius 3 is 2.80 bits per heavy atom. The van der Waals surface area contributed by atoms with Crippen molar-refractivity contribution in [2.75, 3.05) is 26.3 Å². The summed E-state index contributed by atoms with van der Waals surface area (Å²) >= 11 is 0. The van der Waals surface area contributed by atoms with Gasteiger partial charge in [-0.05, 0) is 24.0 Å². The predicted octanol–water partition coefficient (Wildman–Crippen LogP) is 2.80. The predicted molar refractivity (Wildman–Crippen MR) is 75.7 cm³/mol. The first-order chi connectivity index (χ1) is 9.63. The molecule has 0 N–H and O–H groups in total. The lowest BCUT2D eigenvalue weighted by atomic mass is 10.0. The van der Waals surface area contributed by atoms with Crippen molar-refractivity contribution in [1.29, 1.82) is 0 Å². The van der Waals surface area contributed by atoms with Crippen LogP contribution in [0.4, 0.5) is 4.39 Å². The largest absolute Gasteiger partial charge is 0.489 e. The lowest BCUT2D eigenvalue weighted by molar-refractivity contribution is -0.0592. The number of halogens is 1. The Hall–Kier alpha value is -1.13. The monoisotopic (exact) mass is 279 g/mol. The molecule has 0 bridgehead atoms. The first-order valence-electron chi connectivity index (χ1n) is 7.41. The van der Waals surface area contributed by atoms with Crippen molar-refractivity contribution < 1.29 is 13.9 Å². The third-order valence-electron chi connectivity index (χ3n) is 4.20. The van der Waals surface area contributed by atoms with Crippen LogP contribution in [0.3, 0.4) is 0 Å². The molecule has 0 spiro atoms. The van der Waals surface area contributed by atoms with E-state index in [9.17, 15) is 4.39 Å². The molecule has 0 radical (unpaired) electrons. The summed E-state index contributed by atoms with van der Waals surface area (Å²) in [6.07, 6.45) is 1.17. The van der Waals surface area contributed by atoms with E-state index >= 15 is 0 Å². The second-order valence-electron chi connectivity index (χ2n) is 6.05. The Morgan fingerprint density at radius 1 is 1.35 bits per heavy atom. The van der Waals surface area contributed by atoms with Crippen molar-refractivity contribution in [3.05, 3.63) is 29.6 Å². The molecule has 1 aromatic rings. The van der Waals surface area contributed by atoms with E-state index in [4.69, 9.17) is 9.47 Å². The molecule has 2 aliphatic rings. The Morgan fingerprint density at radius 2 is 2.15 bits per heavy atom. The number of benzene rings is 1. The molecule has 3 rings (SSSR count). The van der Waals surface area contributed by atoms with Gasteiger partial charge in [-0.1, -0.05) is 19.9 Å². The van der Waals surface area contributed by atoms with Gasteiger partial charge in [0.15, 0.2) is 0 Å². The maximum Gasteiger partial charge on any atom is 0.126 e. The fourth-order valence-corrected chi connectivity index (χ4v) is 2.88. The molecule has 2 aliphatic heterocycles. The van der Waals surface area contributed by atoms with Crippen LogP contribution in [0.5, 0.6) is 5.75 Å². The van der Waals surface area contributed by atoms with Crippen LogP contribution in [0.2, 0.25) is 0 Å². The fraction of sp³-hybridized carbons (Fsp3) is 0.625. The van der Waals surface area contributed by atoms with E-state index < -0.39 is 0 Å². The summed E-state index contributed by atoms with van der Waals surface area (Å²) in [7, 11) is 0. The lowest BCUT2D eigenvalue weighted by Gasteiger charge is -2.34. The molecule has 1 aromatic carbocycles. The highest BCUT2D eigenvalue weighted by molar-refractivity contribution is 5.36. The molecule has 0 aliphatic carbocycles. The smallest absolute Gasteiger partial charge is 0.126 e. The van der Waals surface area contributed by atoms with Crippen molar-refractivity contribution >= 4 is 0 Å². The first kappa shape index (κ1) is 13.8. The van der Waals surface area contributed by atoms with Gasteiger partial charge in [0.1, 0.15) is 17.7 Å². The molecule has 3 nitrogen and oxygen atoms in total. The minimum atomic E-state index is -0.230. The van der Waals surface area contributed by atoms with E-state index in [2.05, 4.69) is 18.7 Å². The number of hydrogen-bond acceptors (Lipinski definition) is 3. The molecule has 2 heterocycles. The van der Waals surface area contributed by atoms with Crippen LogP contribution in [0.1, 0.15) is 31.7 Å². The first-order valence-corrected chi connectivity index (χ1v) is 7.41. The van der Waals surface area contributed by atoms with E-state index in [-0.39, 0.29) is 11.9 Å². The quantitative estimate of drug-likeness (QED) is 0.846. The normalized spacial score (nSPS) is 24.1. The van der Waals surface area contributed by atoms with Crippen LogP contribution in [-0.2, 0) is 4.74 Å². The highest BCUT2D eigenvalue weighted by Crippen LogP contribution is 2.30. The molecular weight excluding hydrogens is 257 g/mol. The number of likely N-dealkylation sites (tertiary alicyclic amines) is 1. The van der Waals surface area contributed by atoms with Crippen LogP contribution < -0.4 is 4.74 Å². The zero-order chi connectivity index (χ0) is 14.1. The topological polar surface area (TPSA) is 21.7 Å². The van der Waals surface area contributed by atoms with Gasteiger partial charge in [0.25, 0.3) is 0 Å². The van der Waals surface area contributed by atoms with Crippen molar-refractivity contribution in [2.45, 2.75) is 38.3 Å². The molecule has 0 aromatic heterocycles. The van der Waals surface area contributed by atoms with Gasteiger partial charge in [-0.15, -0.1) is 0 Å². The lowest BCUT2D eigenvalue weighted by Crippen LogP contribution is -2.48. The Bertz CT molecular complexity index is 474. The number of nitrogens with zero attached hydrogens (tertiary/aromatic N) is 1. The van der Waals surface area contributed by atoms with E-state index in [1.807, 2.05) is 6.07 Å². The van der Waals surface area contributed by atoms with Crippen LogP contribution in [0.25, 0.3) is 0 Å². The second kappa shape index (κ2) is 5.70. The van der Waals surface area contributed by atoms with Crippen molar-refractivity contribution in [3.63, 3.8) is 0 Å². The molecule has 2 fully saturated rings. The summed E-state index contributed by atoms with van der Waals surface area (Å²) < 4.78 is 24.8. The third kappa shape index (κ3) is 2.81. The van der Waals surface area contributed by atoms with Gasteiger partial charge in [0.05, 0.1) is 19.3 Å². The second-order valence-corrected chi connectivity index (χ2v) is 6.05. The summed E-state index contributed by atoms with van der Waals surface area (Å²) in [6, 6.07) is 5.42. The average Bonchev–Trinajstić information content (AvgIpc) is 2.74. The van der Waals surface area contributed by atoms with Gasteiger partial charge in [0, 0.05) is 19.2 Å². The van der Waals surface area contributed by atoms with Gasteiger partial charge in [0.2, 0.25) is 0 Å². The zero-order valence-electron chi connectivity index (χ0n) is 12.1. The molecule has 0 saturated carbocycles. The third-order valence-corrected chi connectivity index (χ3v) is 4.20. The number of rotatable bonds is 4. The average molecular weight is 279 g/mol. The van der Waals surface area contributed by atoms with Gasteiger partial charge < -0.3 is 9.47 Å². The summed E-state index contributed by atoms with van der Waals surface area (Å²) in [4.78, 5) is 2.42. The number of ether oxygens (including phenoxy) is 2. The minimum absolute atomic E-state index is 0.162. The number of hydrogen-bond donors (Lipinski definition) is 0. The van der Waals surface area contributed by atoms with Gasteiger partial charge in [-0.2, -0.15) is 0 Å². The molecule has 20 heavy (non-hydrogen) atoms. The minimum Gasteiger partial charge on any atom is -0.489 e. The Kier molecular flexibility index (Phi) is 3.94. The molecule has 4 heteroatoms. The van der Waals surface area contributed by atoms with Gasteiger partial charge in [-0.3, -0.25) is 4.90 Å². The molecule has 1 unspecified atom stereocenters. The van der Waals surface area contributed by atoms with Crippen LogP contribution in [0.15, 0.2) is 18.2 Å². The van der Waals surface area contributed by atoms with Gasteiger partial charge in [-0.25, -0.2) is 4.39 Å². The van der Waals surface area contributed by atoms with E-state index in [0.717, 1.165) is 38.3 Å². The van der Waals surface area contributed by atoms with Crippen LogP contribution in [0, 0.1) is 5.82 Å². The SMILES string of the molecule is CC(C)c1ccc(F)cc1OC1CCN(C2COC2)C1. The summed E-state index contributed by atoms with van der Waals surface area (Å²) in [5, 5.41) is 0. The summed E-state index contributed by atoms with van der Waals surface area (Å²) in [6.45, 7) is 7.85. The highest BCUT2D eigenvalue weighted by atomic mass is 19.1. The van der Waals surface area contributed by atoms with E-state index in [1.54, 1.807) is 0 Å². The molecule has 0 amide bonds. The standard InChI is InChI=1S/C16H22FNO2/c1-11(2)15-4-3-12(17)7-16(15)20-14-5-6-18(8-14)13-9-19-10-13/h3-4,7,11,13-14H,5-6,8-10H2,1-2H3. The molecular formula is C16H22FNO2.